The molecule has 2 rings (SSSR count). The van der Waals surface area contributed by atoms with Gasteiger partial charge in [0.25, 0.3) is 5.91 Å². The van der Waals surface area contributed by atoms with Gasteiger partial charge in [0.1, 0.15) is 0 Å². The highest BCUT2D eigenvalue weighted by Crippen LogP contribution is 2.33. The lowest BCUT2D eigenvalue weighted by molar-refractivity contribution is -0.142. The fourth-order valence-corrected chi connectivity index (χ4v) is 2.22. The first-order valence-corrected chi connectivity index (χ1v) is 8.22. The van der Waals surface area contributed by atoms with E-state index < -0.39 is 25.1 Å². The number of amides is 1. The first-order chi connectivity index (χ1) is 13.4. The summed E-state index contributed by atoms with van der Waals surface area (Å²) in [5, 5.41) is 2.58. The van der Waals surface area contributed by atoms with Crippen molar-refractivity contribution in [1.29, 1.82) is 0 Å². The maximum absolute atomic E-state index is 12.6. The molecule has 1 amide bonds. The fourth-order valence-electron chi connectivity index (χ4n) is 2.22. The summed E-state index contributed by atoms with van der Waals surface area (Å²) < 4.78 is 39.4. The molecule has 2 aromatic rings. The molecule has 0 aromatic heterocycles. The van der Waals surface area contributed by atoms with E-state index in [4.69, 9.17) is 9.47 Å². The molecule has 0 heterocycles. The monoisotopic (exact) mass is 391 g/mol. The maximum Gasteiger partial charge on any atom is 0.387 e. The zero-order chi connectivity index (χ0) is 20.5. The average molecular weight is 391 g/mol. The third-order valence-corrected chi connectivity index (χ3v) is 3.52. The van der Waals surface area contributed by atoms with Crippen molar-refractivity contribution in [2.45, 2.75) is 13.5 Å². The van der Waals surface area contributed by atoms with E-state index in [9.17, 15) is 18.4 Å². The zero-order valence-electron chi connectivity index (χ0n) is 15.3. The van der Waals surface area contributed by atoms with Crippen LogP contribution in [0.4, 0.5) is 14.5 Å². The molecule has 0 radical (unpaired) electrons. The van der Waals surface area contributed by atoms with E-state index in [0.717, 1.165) is 11.6 Å². The topological polar surface area (TPSA) is 73.9 Å². The van der Waals surface area contributed by atoms with Crippen LogP contribution in [-0.4, -0.2) is 32.2 Å². The Hall–Kier alpha value is -3.42. The zero-order valence-corrected chi connectivity index (χ0v) is 15.3. The Morgan fingerprint density at radius 3 is 2.50 bits per heavy atom. The van der Waals surface area contributed by atoms with Crippen molar-refractivity contribution in [1.82, 2.24) is 0 Å². The molecule has 0 fully saturated rings. The van der Waals surface area contributed by atoms with Crippen LogP contribution >= 0.6 is 0 Å². The number of hydrogen-bond acceptors (Lipinski definition) is 5. The van der Waals surface area contributed by atoms with Gasteiger partial charge in [-0.2, -0.15) is 8.78 Å². The summed E-state index contributed by atoms with van der Waals surface area (Å²) in [5.41, 5.74) is 1.82. The Balaban J connectivity index is 1.94. The molecule has 0 aliphatic carbocycles. The Labute approximate surface area is 160 Å². The summed E-state index contributed by atoms with van der Waals surface area (Å²) in [7, 11) is 1.31. The SMILES string of the molecule is COc1cccc(/C=C/C(=O)OCC(=O)Nc2ccc(C)cc2)c1OC(F)F. The molecule has 2 aromatic carbocycles. The van der Waals surface area contributed by atoms with Crippen molar-refractivity contribution < 1.29 is 32.6 Å². The highest BCUT2D eigenvalue weighted by molar-refractivity contribution is 5.94. The first kappa shape index (κ1) is 20.9. The number of para-hydroxylation sites is 1. The fraction of sp³-hybridized carbons (Fsp3) is 0.200. The second kappa shape index (κ2) is 10.1. The van der Waals surface area contributed by atoms with E-state index in [-0.39, 0.29) is 17.1 Å². The minimum Gasteiger partial charge on any atom is -0.493 e. The molecule has 148 valence electrons. The Morgan fingerprint density at radius 1 is 1.14 bits per heavy atom. The summed E-state index contributed by atoms with van der Waals surface area (Å²) >= 11 is 0. The van der Waals surface area contributed by atoms with E-state index in [1.165, 1.54) is 25.3 Å². The van der Waals surface area contributed by atoms with Crippen LogP contribution in [0.1, 0.15) is 11.1 Å². The molecule has 1 N–H and O–H groups in total. The number of methoxy groups -OCH3 is 1. The van der Waals surface area contributed by atoms with Crippen molar-refractivity contribution >= 4 is 23.6 Å². The summed E-state index contributed by atoms with van der Waals surface area (Å²) in [6.45, 7) is -1.63. The van der Waals surface area contributed by atoms with Gasteiger partial charge in [0.15, 0.2) is 18.1 Å². The summed E-state index contributed by atoms with van der Waals surface area (Å²) in [6.07, 6.45) is 2.24. The molecular formula is C20H19F2NO5. The van der Waals surface area contributed by atoms with Gasteiger partial charge in [0.2, 0.25) is 0 Å². The number of ether oxygens (including phenoxy) is 3. The highest BCUT2D eigenvalue weighted by Gasteiger charge is 2.14. The molecule has 8 heteroatoms. The number of esters is 1. The number of rotatable bonds is 8. The number of nitrogens with one attached hydrogen (secondary N) is 1. The third-order valence-electron chi connectivity index (χ3n) is 3.52. The van der Waals surface area contributed by atoms with Crippen LogP contribution in [0.3, 0.4) is 0 Å². The number of alkyl halides is 2. The van der Waals surface area contributed by atoms with E-state index >= 15 is 0 Å². The van der Waals surface area contributed by atoms with Crippen molar-refractivity contribution in [3.8, 4) is 11.5 Å². The second-order valence-electron chi connectivity index (χ2n) is 5.61. The highest BCUT2D eigenvalue weighted by atomic mass is 19.3. The molecule has 0 bridgehead atoms. The van der Waals surface area contributed by atoms with Gasteiger partial charge in [-0.1, -0.05) is 29.8 Å². The molecule has 0 aliphatic heterocycles. The van der Waals surface area contributed by atoms with E-state index in [0.29, 0.717) is 5.69 Å². The molecule has 6 nitrogen and oxygen atoms in total. The number of anilines is 1. The van der Waals surface area contributed by atoms with Crippen LogP contribution < -0.4 is 14.8 Å². The minimum atomic E-state index is -3.05. The molecular weight excluding hydrogens is 372 g/mol. The summed E-state index contributed by atoms with van der Waals surface area (Å²) in [4.78, 5) is 23.6. The molecule has 0 atom stereocenters. The summed E-state index contributed by atoms with van der Waals surface area (Å²) in [5.74, 6) is -1.44. The van der Waals surface area contributed by atoms with Gasteiger partial charge in [-0.15, -0.1) is 0 Å². The minimum absolute atomic E-state index is 0.0910. The quantitative estimate of drug-likeness (QED) is 0.547. The Kier molecular flexibility index (Phi) is 7.50. The third kappa shape index (κ3) is 6.39. The van der Waals surface area contributed by atoms with Crippen LogP contribution in [-0.2, 0) is 14.3 Å². The lowest BCUT2D eigenvalue weighted by Crippen LogP contribution is -2.20. The van der Waals surface area contributed by atoms with Gasteiger partial charge in [-0.3, -0.25) is 4.79 Å². The van der Waals surface area contributed by atoms with Gasteiger partial charge >= 0.3 is 12.6 Å². The number of hydrogen-bond donors (Lipinski definition) is 1. The molecule has 0 saturated carbocycles. The second-order valence-corrected chi connectivity index (χ2v) is 5.61. The summed E-state index contributed by atoms with van der Waals surface area (Å²) in [6, 6.07) is 11.6. The normalized spacial score (nSPS) is 10.8. The van der Waals surface area contributed by atoms with Crippen molar-refractivity contribution in [3.63, 3.8) is 0 Å². The van der Waals surface area contributed by atoms with Crippen LogP contribution in [0.2, 0.25) is 0 Å². The number of carbonyl (C=O) groups is 2. The van der Waals surface area contributed by atoms with Crippen LogP contribution in [0, 0.1) is 6.92 Å². The molecule has 28 heavy (non-hydrogen) atoms. The predicted octanol–water partition coefficient (Wildman–Crippen LogP) is 3.80. The number of aryl methyl sites for hydroxylation is 1. The largest absolute Gasteiger partial charge is 0.493 e. The maximum atomic E-state index is 12.6. The average Bonchev–Trinajstić information content (AvgIpc) is 2.67. The lowest BCUT2D eigenvalue weighted by Gasteiger charge is -2.12. The van der Waals surface area contributed by atoms with E-state index in [1.807, 2.05) is 19.1 Å². The Bertz CT molecular complexity index is 850. The molecule has 0 saturated heterocycles. The predicted molar refractivity (Wildman–Crippen MR) is 99.4 cm³/mol. The van der Waals surface area contributed by atoms with Gasteiger partial charge in [-0.25, -0.2) is 4.79 Å². The van der Waals surface area contributed by atoms with Gasteiger partial charge < -0.3 is 19.5 Å². The Morgan fingerprint density at radius 2 is 1.86 bits per heavy atom. The van der Waals surface area contributed by atoms with E-state index in [1.54, 1.807) is 18.2 Å². The van der Waals surface area contributed by atoms with Crippen molar-refractivity contribution in [2.24, 2.45) is 0 Å². The van der Waals surface area contributed by atoms with Crippen LogP contribution in [0.15, 0.2) is 48.5 Å². The molecule has 0 unspecified atom stereocenters. The van der Waals surface area contributed by atoms with Gasteiger partial charge in [0.05, 0.1) is 7.11 Å². The smallest absolute Gasteiger partial charge is 0.387 e. The number of halogens is 2. The van der Waals surface area contributed by atoms with Crippen molar-refractivity contribution in [3.05, 3.63) is 59.7 Å². The van der Waals surface area contributed by atoms with Gasteiger partial charge in [0, 0.05) is 17.3 Å². The first-order valence-electron chi connectivity index (χ1n) is 8.22. The van der Waals surface area contributed by atoms with E-state index in [2.05, 4.69) is 10.1 Å². The molecule has 0 spiro atoms. The van der Waals surface area contributed by atoms with Crippen molar-refractivity contribution in [2.75, 3.05) is 19.0 Å². The van der Waals surface area contributed by atoms with Crippen LogP contribution in [0.25, 0.3) is 6.08 Å². The van der Waals surface area contributed by atoms with Gasteiger partial charge in [-0.05, 0) is 31.2 Å². The lowest BCUT2D eigenvalue weighted by atomic mass is 10.1. The molecule has 0 aliphatic rings. The number of benzene rings is 2. The van der Waals surface area contributed by atoms with Crippen LogP contribution in [0.5, 0.6) is 11.5 Å². The number of carbonyl (C=O) groups excluding carboxylic acids is 2. The standard InChI is InChI=1S/C20H19F2NO5/c1-13-6-9-15(10-7-13)23-17(24)12-27-18(25)11-8-14-4-3-5-16(26-2)19(14)28-20(21)22/h3-11,20H,12H2,1-2H3,(H,23,24)/b11-8+.